The van der Waals surface area contributed by atoms with Crippen LogP contribution in [0.5, 0.6) is 0 Å². The molecule has 1 fully saturated rings. The van der Waals surface area contributed by atoms with E-state index in [1.54, 1.807) is 0 Å². The van der Waals surface area contributed by atoms with Gasteiger partial charge in [-0.3, -0.25) is 0 Å². The molecule has 3 rings (SSSR count). The lowest BCUT2D eigenvalue weighted by Crippen LogP contribution is -2.03. The van der Waals surface area contributed by atoms with Gasteiger partial charge >= 0.3 is 0 Å². The van der Waals surface area contributed by atoms with Crippen LogP contribution in [0.25, 0.3) is 0 Å². The van der Waals surface area contributed by atoms with E-state index in [0.717, 1.165) is 26.5 Å². The van der Waals surface area contributed by atoms with Gasteiger partial charge in [-0.05, 0) is 54.5 Å². The first kappa shape index (κ1) is 13.1. The maximum atomic E-state index is 6.20. The third kappa shape index (κ3) is 2.84. The number of benzene rings is 1. The van der Waals surface area contributed by atoms with Crippen molar-refractivity contribution in [2.75, 3.05) is 5.32 Å². The lowest BCUT2D eigenvalue weighted by Gasteiger charge is -2.12. The Kier molecular flexibility index (Phi) is 3.62. The van der Waals surface area contributed by atoms with Crippen LogP contribution < -0.4 is 5.32 Å². The lowest BCUT2D eigenvalue weighted by atomic mass is 10.3. The molecule has 1 heterocycles. The third-order valence-corrected chi connectivity index (χ3v) is 4.48. The molecule has 0 aliphatic heterocycles. The molecular formula is C14H13ClIN3. The zero-order chi connectivity index (χ0) is 13.4. The summed E-state index contributed by atoms with van der Waals surface area (Å²) in [7, 11) is 0. The quantitative estimate of drug-likeness (QED) is 0.616. The van der Waals surface area contributed by atoms with Crippen molar-refractivity contribution in [1.29, 1.82) is 0 Å². The van der Waals surface area contributed by atoms with Gasteiger partial charge in [0.2, 0.25) is 0 Å². The summed E-state index contributed by atoms with van der Waals surface area (Å²) in [6, 6.07) is 8.11. The SMILES string of the molecule is Cc1c(Cl)nc(C2CC2)nc1Nc1ccccc1I. The van der Waals surface area contributed by atoms with Gasteiger partial charge in [-0.15, -0.1) is 0 Å². The minimum atomic E-state index is 0.494. The summed E-state index contributed by atoms with van der Waals surface area (Å²) in [6.07, 6.45) is 2.34. The Morgan fingerprint density at radius 2 is 2.00 bits per heavy atom. The molecule has 0 spiro atoms. The molecule has 0 amide bonds. The summed E-state index contributed by atoms with van der Waals surface area (Å²) < 4.78 is 1.15. The molecule has 1 aliphatic rings. The number of para-hydroxylation sites is 1. The number of nitrogens with one attached hydrogen (secondary N) is 1. The Morgan fingerprint density at radius 1 is 1.26 bits per heavy atom. The molecule has 2 aromatic rings. The van der Waals surface area contributed by atoms with E-state index in [-0.39, 0.29) is 0 Å². The first-order valence-electron chi connectivity index (χ1n) is 6.20. The van der Waals surface area contributed by atoms with Crippen molar-refractivity contribution in [2.24, 2.45) is 0 Å². The van der Waals surface area contributed by atoms with Crippen LogP contribution in [0.1, 0.15) is 30.1 Å². The van der Waals surface area contributed by atoms with Gasteiger partial charge in [0, 0.05) is 15.1 Å². The Morgan fingerprint density at radius 3 is 2.68 bits per heavy atom. The number of aromatic nitrogens is 2. The molecule has 0 unspecified atom stereocenters. The van der Waals surface area contributed by atoms with Crippen molar-refractivity contribution in [3.8, 4) is 0 Å². The minimum Gasteiger partial charge on any atom is -0.339 e. The second-order valence-electron chi connectivity index (χ2n) is 4.73. The second kappa shape index (κ2) is 5.25. The summed E-state index contributed by atoms with van der Waals surface area (Å²) in [5, 5.41) is 3.91. The molecule has 98 valence electrons. The van der Waals surface area contributed by atoms with Gasteiger partial charge in [0.1, 0.15) is 16.8 Å². The number of hydrogen-bond acceptors (Lipinski definition) is 3. The van der Waals surface area contributed by atoms with E-state index in [9.17, 15) is 0 Å². The topological polar surface area (TPSA) is 37.8 Å². The molecular weight excluding hydrogens is 373 g/mol. The molecule has 0 atom stereocenters. The second-order valence-corrected chi connectivity index (χ2v) is 6.25. The predicted octanol–water partition coefficient (Wildman–Crippen LogP) is 4.66. The number of rotatable bonds is 3. The van der Waals surface area contributed by atoms with E-state index in [1.165, 1.54) is 12.8 Å². The minimum absolute atomic E-state index is 0.494. The van der Waals surface area contributed by atoms with Crippen molar-refractivity contribution < 1.29 is 0 Å². The first-order chi connectivity index (χ1) is 9.15. The average molecular weight is 386 g/mol. The predicted molar refractivity (Wildman–Crippen MR) is 86.2 cm³/mol. The Bertz CT molecular complexity index is 626. The molecule has 1 aromatic carbocycles. The van der Waals surface area contributed by atoms with Gasteiger partial charge in [0.25, 0.3) is 0 Å². The Labute approximate surface area is 130 Å². The van der Waals surface area contributed by atoms with Gasteiger partial charge < -0.3 is 5.32 Å². The van der Waals surface area contributed by atoms with E-state index >= 15 is 0 Å². The van der Waals surface area contributed by atoms with Crippen molar-refractivity contribution in [3.05, 3.63) is 44.4 Å². The van der Waals surface area contributed by atoms with Crippen LogP contribution in [-0.2, 0) is 0 Å². The number of nitrogens with zero attached hydrogens (tertiary/aromatic N) is 2. The highest BCUT2D eigenvalue weighted by molar-refractivity contribution is 14.1. The highest BCUT2D eigenvalue weighted by atomic mass is 127. The first-order valence-corrected chi connectivity index (χ1v) is 7.66. The van der Waals surface area contributed by atoms with E-state index in [4.69, 9.17) is 11.6 Å². The largest absolute Gasteiger partial charge is 0.339 e. The van der Waals surface area contributed by atoms with Gasteiger partial charge in [-0.2, -0.15) is 0 Å². The van der Waals surface area contributed by atoms with Crippen LogP contribution in [0.2, 0.25) is 5.15 Å². The van der Waals surface area contributed by atoms with Gasteiger partial charge in [0.05, 0.1) is 5.69 Å². The van der Waals surface area contributed by atoms with E-state index in [2.05, 4.69) is 43.9 Å². The van der Waals surface area contributed by atoms with Crippen molar-refractivity contribution >= 4 is 45.7 Å². The molecule has 1 aliphatic carbocycles. The van der Waals surface area contributed by atoms with Crippen LogP contribution in [0.4, 0.5) is 11.5 Å². The third-order valence-electron chi connectivity index (χ3n) is 3.17. The van der Waals surface area contributed by atoms with E-state index < -0.39 is 0 Å². The fourth-order valence-electron chi connectivity index (χ4n) is 1.84. The van der Waals surface area contributed by atoms with Crippen LogP contribution in [0.3, 0.4) is 0 Å². The molecule has 5 heteroatoms. The van der Waals surface area contributed by atoms with E-state index in [1.807, 2.05) is 25.1 Å². The van der Waals surface area contributed by atoms with Crippen LogP contribution in [0.15, 0.2) is 24.3 Å². The number of halogens is 2. The molecule has 0 radical (unpaired) electrons. The Balaban J connectivity index is 1.98. The number of hydrogen-bond donors (Lipinski definition) is 1. The van der Waals surface area contributed by atoms with Gasteiger partial charge in [0.15, 0.2) is 0 Å². The lowest BCUT2D eigenvalue weighted by molar-refractivity contribution is 0.922. The van der Waals surface area contributed by atoms with Gasteiger partial charge in [-0.1, -0.05) is 23.7 Å². The van der Waals surface area contributed by atoms with Crippen molar-refractivity contribution in [2.45, 2.75) is 25.7 Å². The van der Waals surface area contributed by atoms with Crippen LogP contribution in [-0.4, -0.2) is 9.97 Å². The van der Waals surface area contributed by atoms with Gasteiger partial charge in [-0.25, -0.2) is 9.97 Å². The van der Waals surface area contributed by atoms with Crippen LogP contribution >= 0.6 is 34.2 Å². The normalized spacial score (nSPS) is 14.5. The molecule has 1 saturated carbocycles. The van der Waals surface area contributed by atoms with E-state index in [0.29, 0.717) is 11.1 Å². The molecule has 0 saturated heterocycles. The van der Waals surface area contributed by atoms with Crippen molar-refractivity contribution in [3.63, 3.8) is 0 Å². The highest BCUT2D eigenvalue weighted by Crippen LogP contribution is 2.39. The zero-order valence-corrected chi connectivity index (χ0v) is 13.4. The fourth-order valence-corrected chi connectivity index (χ4v) is 2.54. The number of anilines is 2. The monoisotopic (exact) mass is 385 g/mol. The average Bonchev–Trinajstić information content (AvgIpc) is 3.21. The molecule has 0 bridgehead atoms. The zero-order valence-electron chi connectivity index (χ0n) is 10.5. The summed E-state index contributed by atoms with van der Waals surface area (Å²) >= 11 is 8.51. The molecule has 3 nitrogen and oxygen atoms in total. The standard InChI is InChI=1S/C14H13ClIN3/c1-8-12(15)18-14(9-6-7-9)19-13(8)17-11-5-3-2-4-10(11)16/h2-5,9H,6-7H2,1H3,(H,17,18,19). The molecule has 1 aromatic heterocycles. The summed E-state index contributed by atoms with van der Waals surface area (Å²) in [4.78, 5) is 8.99. The van der Waals surface area contributed by atoms with Crippen molar-refractivity contribution in [1.82, 2.24) is 9.97 Å². The maximum Gasteiger partial charge on any atom is 0.138 e. The molecule has 19 heavy (non-hydrogen) atoms. The smallest absolute Gasteiger partial charge is 0.138 e. The molecule has 1 N–H and O–H groups in total. The summed E-state index contributed by atoms with van der Waals surface area (Å²) in [5.74, 6) is 2.17. The maximum absolute atomic E-state index is 6.20. The van der Waals surface area contributed by atoms with Crippen LogP contribution in [0, 0.1) is 10.5 Å². The highest BCUT2D eigenvalue weighted by Gasteiger charge is 2.28. The Hall–Kier alpha value is -0.880. The fraction of sp³-hybridized carbons (Fsp3) is 0.286. The summed E-state index contributed by atoms with van der Waals surface area (Å²) in [6.45, 7) is 1.94. The summed E-state index contributed by atoms with van der Waals surface area (Å²) in [5.41, 5.74) is 1.94.